The highest BCUT2D eigenvalue weighted by Crippen LogP contribution is 2.31. The molecule has 2 rings (SSSR count). The smallest absolute Gasteiger partial charge is 0.128 e. The van der Waals surface area contributed by atoms with Crippen molar-refractivity contribution in [3.8, 4) is 17.0 Å². The van der Waals surface area contributed by atoms with Crippen LogP contribution in [0.15, 0.2) is 23.6 Å². The van der Waals surface area contributed by atoms with Gasteiger partial charge in [-0.15, -0.1) is 11.3 Å². The minimum atomic E-state index is 0.679. The fourth-order valence-electron chi connectivity index (χ4n) is 1.53. The van der Waals surface area contributed by atoms with Gasteiger partial charge in [-0.2, -0.15) is 12.6 Å². The van der Waals surface area contributed by atoms with Crippen LogP contribution in [0, 0.1) is 6.92 Å². The highest BCUT2D eigenvalue weighted by Gasteiger charge is 2.09. The summed E-state index contributed by atoms with van der Waals surface area (Å²) in [4.78, 5) is 4.51. The van der Waals surface area contributed by atoms with E-state index in [2.05, 4.69) is 30.6 Å². The van der Waals surface area contributed by atoms with Crippen molar-refractivity contribution in [3.63, 3.8) is 0 Å². The fourth-order valence-corrected chi connectivity index (χ4v) is 2.48. The summed E-state index contributed by atoms with van der Waals surface area (Å²) in [6, 6.07) is 6.11. The van der Waals surface area contributed by atoms with Gasteiger partial charge in [-0.05, 0) is 19.1 Å². The molecule has 0 saturated carbocycles. The third kappa shape index (κ3) is 2.23. The van der Waals surface area contributed by atoms with Crippen LogP contribution in [-0.4, -0.2) is 12.1 Å². The number of nitrogens with zero attached hydrogens (tertiary/aromatic N) is 1. The van der Waals surface area contributed by atoms with E-state index in [1.807, 2.05) is 17.5 Å². The number of methoxy groups -OCH3 is 1. The maximum Gasteiger partial charge on any atom is 0.128 e. The lowest BCUT2D eigenvalue weighted by Crippen LogP contribution is -1.89. The largest absolute Gasteiger partial charge is 0.496 e. The molecule has 2 nitrogen and oxygen atoms in total. The molecule has 1 aromatic carbocycles. The van der Waals surface area contributed by atoms with E-state index in [0.29, 0.717) is 5.75 Å². The Bertz CT molecular complexity index is 494. The van der Waals surface area contributed by atoms with E-state index in [1.165, 1.54) is 5.56 Å². The van der Waals surface area contributed by atoms with Crippen LogP contribution in [0.25, 0.3) is 11.3 Å². The second-order valence-electron chi connectivity index (χ2n) is 3.49. The Balaban J connectivity index is 2.49. The van der Waals surface area contributed by atoms with Gasteiger partial charge in [0, 0.05) is 16.7 Å². The van der Waals surface area contributed by atoms with Gasteiger partial charge in [0.25, 0.3) is 0 Å². The van der Waals surface area contributed by atoms with Gasteiger partial charge in [0.05, 0.1) is 12.8 Å². The molecule has 0 fully saturated rings. The Morgan fingerprint density at radius 2 is 2.25 bits per heavy atom. The zero-order chi connectivity index (χ0) is 11.5. The summed E-state index contributed by atoms with van der Waals surface area (Å²) in [6.07, 6.45) is 0. The molecule has 0 aliphatic heterocycles. The second kappa shape index (κ2) is 4.89. The van der Waals surface area contributed by atoms with E-state index in [4.69, 9.17) is 4.74 Å². The summed E-state index contributed by atoms with van der Waals surface area (Å²) < 4.78 is 5.34. The minimum absolute atomic E-state index is 0.679. The van der Waals surface area contributed by atoms with Crippen LogP contribution in [0.5, 0.6) is 5.75 Å². The lowest BCUT2D eigenvalue weighted by atomic mass is 10.1. The van der Waals surface area contributed by atoms with Gasteiger partial charge in [0.15, 0.2) is 0 Å². The SMILES string of the molecule is COc1ccc(C)cc1-c1csc(CS)n1. The van der Waals surface area contributed by atoms with Crippen molar-refractivity contribution >= 4 is 24.0 Å². The van der Waals surface area contributed by atoms with Crippen molar-refractivity contribution in [1.29, 1.82) is 0 Å². The van der Waals surface area contributed by atoms with E-state index in [0.717, 1.165) is 22.0 Å². The van der Waals surface area contributed by atoms with Crippen molar-refractivity contribution in [2.24, 2.45) is 0 Å². The number of aromatic nitrogens is 1. The molecule has 1 aromatic heterocycles. The van der Waals surface area contributed by atoms with E-state index < -0.39 is 0 Å². The van der Waals surface area contributed by atoms with Crippen molar-refractivity contribution < 1.29 is 4.74 Å². The van der Waals surface area contributed by atoms with Gasteiger partial charge in [-0.1, -0.05) is 11.6 Å². The summed E-state index contributed by atoms with van der Waals surface area (Å²) in [7, 11) is 1.68. The molecule has 0 bridgehead atoms. The van der Waals surface area contributed by atoms with Crippen LogP contribution in [0.1, 0.15) is 10.6 Å². The quantitative estimate of drug-likeness (QED) is 0.843. The molecule has 2 aromatic rings. The standard InChI is InChI=1S/C12H13NOS2/c1-8-3-4-11(14-2)9(5-8)10-7-16-12(6-15)13-10/h3-5,7,15H,6H2,1-2H3. The zero-order valence-corrected chi connectivity index (χ0v) is 10.9. The molecule has 0 spiro atoms. The zero-order valence-electron chi connectivity index (χ0n) is 9.23. The minimum Gasteiger partial charge on any atom is -0.496 e. The highest BCUT2D eigenvalue weighted by atomic mass is 32.1. The average molecular weight is 251 g/mol. The summed E-state index contributed by atoms with van der Waals surface area (Å²) in [5, 5.41) is 3.07. The molecule has 4 heteroatoms. The van der Waals surface area contributed by atoms with Crippen LogP contribution >= 0.6 is 24.0 Å². The normalized spacial score (nSPS) is 10.4. The summed E-state index contributed by atoms with van der Waals surface area (Å²) in [5.74, 6) is 1.54. The van der Waals surface area contributed by atoms with Crippen LogP contribution in [0.2, 0.25) is 0 Å². The summed E-state index contributed by atoms with van der Waals surface area (Å²) >= 11 is 5.85. The van der Waals surface area contributed by atoms with Crippen LogP contribution in [-0.2, 0) is 5.75 Å². The first kappa shape index (κ1) is 11.5. The van der Waals surface area contributed by atoms with Crippen LogP contribution in [0.4, 0.5) is 0 Å². The molecule has 0 atom stereocenters. The maximum atomic E-state index is 5.34. The number of hydrogen-bond donors (Lipinski definition) is 1. The number of thiol groups is 1. The van der Waals surface area contributed by atoms with Crippen molar-refractivity contribution in [1.82, 2.24) is 4.98 Å². The molecule has 0 aliphatic carbocycles. The molecule has 0 aliphatic rings. The third-order valence-electron chi connectivity index (χ3n) is 2.32. The summed E-state index contributed by atoms with van der Waals surface area (Å²) in [6.45, 7) is 2.06. The van der Waals surface area contributed by atoms with Crippen molar-refractivity contribution in [2.75, 3.05) is 7.11 Å². The van der Waals surface area contributed by atoms with E-state index in [-0.39, 0.29) is 0 Å². The van der Waals surface area contributed by atoms with E-state index >= 15 is 0 Å². The Labute approximate surface area is 105 Å². The van der Waals surface area contributed by atoms with Crippen molar-refractivity contribution in [2.45, 2.75) is 12.7 Å². The van der Waals surface area contributed by atoms with Gasteiger partial charge < -0.3 is 4.74 Å². The van der Waals surface area contributed by atoms with Gasteiger partial charge in [-0.25, -0.2) is 4.98 Å². The van der Waals surface area contributed by atoms with Gasteiger partial charge >= 0.3 is 0 Å². The maximum absolute atomic E-state index is 5.34. The first-order valence-corrected chi connectivity index (χ1v) is 6.46. The lowest BCUT2D eigenvalue weighted by Gasteiger charge is -2.06. The number of hydrogen-bond acceptors (Lipinski definition) is 4. The Morgan fingerprint density at radius 3 is 2.88 bits per heavy atom. The molecule has 0 amide bonds. The molecule has 0 saturated heterocycles. The number of aryl methyl sites for hydroxylation is 1. The van der Waals surface area contributed by atoms with Gasteiger partial charge in [-0.3, -0.25) is 0 Å². The van der Waals surface area contributed by atoms with Gasteiger partial charge in [0.1, 0.15) is 10.8 Å². The van der Waals surface area contributed by atoms with Crippen LogP contribution < -0.4 is 4.74 Å². The Hall–Kier alpha value is -1.00. The number of thiazole rings is 1. The predicted molar refractivity (Wildman–Crippen MR) is 71.5 cm³/mol. The van der Waals surface area contributed by atoms with Crippen LogP contribution in [0.3, 0.4) is 0 Å². The fraction of sp³-hybridized carbons (Fsp3) is 0.250. The highest BCUT2D eigenvalue weighted by molar-refractivity contribution is 7.79. The summed E-state index contributed by atoms with van der Waals surface area (Å²) in [5.41, 5.74) is 3.22. The van der Waals surface area contributed by atoms with E-state index in [1.54, 1.807) is 18.4 Å². The average Bonchev–Trinajstić information content (AvgIpc) is 2.77. The lowest BCUT2D eigenvalue weighted by molar-refractivity contribution is 0.416. The second-order valence-corrected chi connectivity index (χ2v) is 4.75. The Morgan fingerprint density at radius 1 is 1.44 bits per heavy atom. The first-order chi connectivity index (χ1) is 7.74. The molecular formula is C12H13NOS2. The molecule has 84 valence electrons. The number of ether oxygens (including phenoxy) is 1. The third-order valence-corrected chi connectivity index (χ3v) is 3.68. The molecule has 16 heavy (non-hydrogen) atoms. The first-order valence-electron chi connectivity index (χ1n) is 4.95. The number of rotatable bonds is 3. The molecule has 0 unspecified atom stereocenters. The molecule has 0 N–H and O–H groups in total. The predicted octanol–water partition coefficient (Wildman–Crippen LogP) is 3.56. The monoisotopic (exact) mass is 251 g/mol. The van der Waals surface area contributed by atoms with Gasteiger partial charge in [0.2, 0.25) is 0 Å². The van der Waals surface area contributed by atoms with E-state index in [9.17, 15) is 0 Å². The molecule has 0 radical (unpaired) electrons. The Kier molecular flexibility index (Phi) is 3.51. The van der Waals surface area contributed by atoms with Crippen molar-refractivity contribution in [3.05, 3.63) is 34.2 Å². The molecular weight excluding hydrogens is 238 g/mol. The topological polar surface area (TPSA) is 22.1 Å². The molecule has 1 heterocycles. The number of benzene rings is 1.